The maximum Gasteiger partial charge on any atom is 0.199 e. The van der Waals surface area contributed by atoms with Crippen LogP contribution in [0.25, 0.3) is 0 Å². The lowest BCUT2D eigenvalue weighted by molar-refractivity contribution is 0.300. The predicted molar refractivity (Wildman–Crippen MR) is 56.2 cm³/mol. The van der Waals surface area contributed by atoms with Gasteiger partial charge in [0.2, 0.25) is 0 Å². The van der Waals surface area contributed by atoms with Gasteiger partial charge in [-0.05, 0) is 22.4 Å². The SMILES string of the molecule is N=C(c1nonc1N)N(O)c1ccccc1. The highest BCUT2D eigenvalue weighted by Crippen LogP contribution is 2.15. The summed E-state index contributed by atoms with van der Waals surface area (Å²) in [4.78, 5) is 0. The molecule has 16 heavy (non-hydrogen) atoms. The molecule has 0 aliphatic carbocycles. The Morgan fingerprint density at radius 1 is 1.31 bits per heavy atom. The number of nitrogens with two attached hydrogens (primary N) is 1. The number of anilines is 2. The summed E-state index contributed by atoms with van der Waals surface area (Å²) >= 11 is 0. The van der Waals surface area contributed by atoms with E-state index < -0.39 is 0 Å². The van der Waals surface area contributed by atoms with Gasteiger partial charge >= 0.3 is 0 Å². The molecule has 1 aromatic heterocycles. The van der Waals surface area contributed by atoms with E-state index in [4.69, 9.17) is 11.1 Å². The second kappa shape index (κ2) is 3.99. The van der Waals surface area contributed by atoms with Crippen molar-refractivity contribution in [3.8, 4) is 0 Å². The Labute approximate surface area is 90.5 Å². The first-order chi connectivity index (χ1) is 7.70. The molecule has 0 amide bonds. The first-order valence-electron chi connectivity index (χ1n) is 4.41. The van der Waals surface area contributed by atoms with Crippen LogP contribution in [-0.2, 0) is 0 Å². The molecule has 7 heteroatoms. The lowest BCUT2D eigenvalue weighted by Crippen LogP contribution is -2.28. The summed E-state index contributed by atoms with van der Waals surface area (Å²) in [5.74, 6) is -0.343. The van der Waals surface area contributed by atoms with E-state index in [2.05, 4.69) is 14.9 Å². The van der Waals surface area contributed by atoms with Gasteiger partial charge in [0, 0.05) is 0 Å². The van der Waals surface area contributed by atoms with Crippen molar-refractivity contribution in [2.45, 2.75) is 0 Å². The van der Waals surface area contributed by atoms with Crippen LogP contribution in [0.15, 0.2) is 35.0 Å². The summed E-state index contributed by atoms with van der Waals surface area (Å²) in [7, 11) is 0. The van der Waals surface area contributed by atoms with E-state index in [0.29, 0.717) is 10.8 Å². The number of nitrogens with zero attached hydrogens (tertiary/aromatic N) is 3. The molecule has 0 unspecified atom stereocenters. The fourth-order valence-electron chi connectivity index (χ4n) is 1.16. The van der Waals surface area contributed by atoms with E-state index in [-0.39, 0.29) is 17.3 Å². The van der Waals surface area contributed by atoms with E-state index in [9.17, 15) is 5.21 Å². The van der Waals surface area contributed by atoms with Crippen molar-refractivity contribution in [2.24, 2.45) is 0 Å². The molecule has 0 bridgehead atoms. The molecular weight excluding hydrogens is 210 g/mol. The first-order valence-corrected chi connectivity index (χ1v) is 4.41. The summed E-state index contributed by atoms with van der Waals surface area (Å²) in [6, 6.07) is 8.54. The number of hydrogen-bond acceptors (Lipinski definition) is 6. The minimum Gasteiger partial charge on any atom is -0.379 e. The van der Waals surface area contributed by atoms with E-state index in [1.54, 1.807) is 30.3 Å². The Kier molecular flexibility index (Phi) is 2.52. The van der Waals surface area contributed by atoms with Crippen LogP contribution in [0.3, 0.4) is 0 Å². The molecule has 0 aliphatic rings. The fourth-order valence-corrected chi connectivity index (χ4v) is 1.16. The van der Waals surface area contributed by atoms with Crippen LogP contribution in [0, 0.1) is 5.41 Å². The van der Waals surface area contributed by atoms with Gasteiger partial charge in [0.25, 0.3) is 0 Å². The van der Waals surface area contributed by atoms with E-state index in [1.165, 1.54) is 0 Å². The van der Waals surface area contributed by atoms with Gasteiger partial charge in [0.15, 0.2) is 17.3 Å². The smallest absolute Gasteiger partial charge is 0.199 e. The normalized spacial score (nSPS) is 10.1. The molecule has 0 spiro atoms. The molecule has 2 aromatic rings. The van der Waals surface area contributed by atoms with Crippen LogP contribution in [0.2, 0.25) is 0 Å². The van der Waals surface area contributed by atoms with Crippen LogP contribution in [-0.4, -0.2) is 21.4 Å². The van der Waals surface area contributed by atoms with Crippen molar-refractivity contribution in [3.63, 3.8) is 0 Å². The predicted octanol–water partition coefficient (Wildman–Crippen LogP) is 0.873. The van der Waals surface area contributed by atoms with Gasteiger partial charge in [-0.1, -0.05) is 18.2 Å². The third-order valence-corrected chi connectivity index (χ3v) is 1.95. The summed E-state index contributed by atoms with van der Waals surface area (Å²) < 4.78 is 4.35. The number of rotatable bonds is 2. The van der Waals surface area contributed by atoms with E-state index in [1.807, 2.05) is 0 Å². The largest absolute Gasteiger partial charge is 0.379 e. The van der Waals surface area contributed by atoms with Crippen molar-refractivity contribution >= 4 is 17.3 Å². The topological polar surface area (TPSA) is 112 Å². The zero-order valence-electron chi connectivity index (χ0n) is 8.16. The third kappa shape index (κ3) is 1.71. The lowest BCUT2D eigenvalue weighted by atomic mass is 10.3. The number of amidine groups is 1. The van der Waals surface area contributed by atoms with Gasteiger partial charge in [-0.25, -0.2) is 9.69 Å². The van der Waals surface area contributed by atoms with Gasteiger partial charge in [0.05, 0.1) is 5.69 Å². The van der Waals surface area contributed by atoms with Crippen LogP contribution in [0.4, 0.5) is 11.5 Å². The van der Waals surface area contributed by atoms with Gasteiger partial charge in [0.1, 0.15) is 0 Å². The molecule has 0 aliphatic heterocycles. The first kappa shape index (κ1) is 10.1. The lowest BCUT2D eigenvalue weighted by Gasteiger charge is -2.15. The Bertz CT molecular complexity index is 496. The monoisotopic (exact) mass is 219 g/mol. The van der Waals surface area contributed by atoms with Gasteiger partial charge in [-0.15, -0.1) is 0 Å². The summed E-state index contributed by atoms with van der Waals surface area (Å²) in [6.07, 6.45) is 0. The third-order valence-electron chi connectivity index (χ3n) is 1.95. The summed E-state index contributed by atoms with van der Waals surface area (Å²) in [6.45, 7) is 0. The minimum atomic E-state index is -0.301. The van der Waals surface area contributed by atoms with Crippen molar-refractivity contribution < 1.29 is 9.84 Å². The number of aromatic nitrogens is 2. The summed E-state index contributed by atoms with van der Waals surface area (Å²) in [5.41, 5.74) is 5.83. The van der Waals surface area contributed by atoms with Crippen molar-refractivity contribution in [2.75, 3.05) is 10.8 Å². The van der Waals surface area contributed by atoms with Gasteiger partial charge in [-0.2, -0.15) is 0 Å². The zero-order valence-corrected chi connectivity index (χ0v) is 8.16. The molecule has 0 atom stereocenters. The van der Waals surface area contributed by atoms with Crippen molar-refractivity contribution in [1.29, 1.82) is 5.41 Å². The molecule has 1 heterocycles. The van der Waals surface area contributed by atoms with Crippen LogP contribution in [0.5, 0.6) is 0 Å². The zero-order chi connectivity index (χ0) is 11.5. The highest BCUT2D eigenvalue weighted by molar-refractivity contribution is 6.07. The molecule has 7 nitrogen and oxygen atoms in total. The summed E-state index contributed by atoms with van der Waals surface area (Å²) in [5, 5.41) is 24.8. The number of benzene rings is 1. The number of para-hydroxylation sites is 1. The van der Waals surface area contributed by atoms with Crippen molar-refractivity contribution in [3.05, 3.63) is 36.0 Å². The van der Waals surface area contributed by atoms with E-state index >= 15 is 0 Å². The molecule has 0 radical (unpaired) electrons. The molecule has 0 fully saturated rings. The standard InChI is InChI=1S/C9H9N5O2/c10-8-7(12-16-13-8)9(11)14(15)6-4-2-1-3-5-6/h1-5,11,15H,(H2,10,13). The minimum absolute atomic E-state index is 0.00801. The van der Waals surface area contributed by atoms with Crippen LogP contribution in [0.1, 0.15) is 5.69 Å². The molecular formula is C9H9N5O2. The molecule has 82 valence electrons. The Hall–Kier alpha value is -2.41. The van der Waals surface area contributed by atoms with Crippen LogP contribution >= 0.6 is 0 Å². The highest BCUT2D eigenvalue weighted by atomic mass is 16.6. The second-order valence-electron chi connectivity index (χ2n) is 2.99. The Morgan fingerprint density at radius 3 is 2.56 bits per heavy atom. The second-order valence-corrected chi connectivity index (χ2v) is 2.99. The quantitative estimate of drug-likeness (QED) is 0.392. The molecule has 0 saturated heterocycles. The molecule has 2 rings (SSSR count). The number of nitrogen functional groups attached to an aromatic ring is 1. The van der Waals surface area contributed by atoms with E-state index in [0.717, 1.165) is 0 Å². The molecule has 4 N–H and O–H groups in total. The Morgan fingerprint density at radius 2 is 2.00 bits per heavy atom. The van der Waals surface area contributed by atoms with Crippen molar-refractivity contribution in [1.82, 2.24) is 10.3 Å². The van der Waals surface area contributed by atoms with Gasteiger partial charge < -0.3 is 5.73 Å². The number of nitrogens with one attached hydrogen (secondary N) is 1. The van der Waals surface area contributed by atoms with Gasteiger partial charge in [-0.3, -0.25) is 10.6 Å². The Balaban J connectivity index is 2.27. The van der Waals surface area contributed by atoms with Crippen LogP contribution < -0.4 is 10.8 Å². The fraction of sp³-hybridized carbons (Fsp3) is 0. The highest BCUT2D eigenvalue weighted by Gasteiger charge is 2.18. The average molecular weight is 219 g/mol. The maximum atomic E-state index is 9.73. The molecule has 0 saturated carbocycles. The maximum absolute atomic E-state index is 9.73. The number of hydrogen-bond donors (Lipinski definition) is 3. The molecule has 1 aromatic carbocycles. The number of hydroxylamine groups is 1. The average Bonchev–Trinajstić information content (AvgIpc) is 2.75.